The first-order valence-electron chi connectivity index (χ1n) is 12.4. The van der Waals surface area contributed by atoms with E-state index in [1.165, 1.54) is 31.2 Å². The molecule has 2 heterocycles. The largest absolute Gasteiger partial charge is 0.494 e. The highest BCUT2D eigenvalue weighted by Gasteiger charge is 2.24. The van der Waals surface area contributed by atoms with Crippen molar-refractivity contribution < 1.29 is 9.53 Å². The lowest BCUT2D eigenvalue weighted by molar-refractivity contribution is 0.0929. The molecule has 180 valence electrons. The van der Waals surface area contributed by atoms with Crippen molar-refractivity contribution in [2.45, 2.75) is 52.0 Å². The first kappa shape index (κ1) is 24.4. The predicted molar refractivity (Wildman–Crippen MR) is 140 cm³/mol. The number of carbonyl (C=O) groups is 1. The maximum Gasteiger partial charge on any atom is 0.271 e. The summed E-state index contributed by atoms with van der Waals surface area (Å²) in [4.78, 5) is 21.3. The van der Waals surface area contributed by atoms with Crippen molar-refractivity contribution in [1.82, 2.24) is 15.2 Å². The number of aryl methyl sites for hydroxylation is 1. The molecule has 1 amide bonds. The zero-order valence-corrected chi connectivity index (χ0v) is 21.1. The molecule has 2 aromatic carbocycles. The highest BCUT2D eigenvalue weighted by Crippen LogP contribution is 2.30. The van der Waals surface area contributed by atoms with Crippen LogP contribution < -0.4 is 10.1 Å². The summed E-state index contributed by atoms with van der Waals surface area (Å²) in [5.41, 5.74) is 2.76. The topological polar surface area (TPSA) is 54.5 Å². The Balaban J connectivity index is 1.52. The van der Waals surface area contributed by atoms with Crippen LogP contribution in [0.5, 0.6) is 5.75 Å². The standard InChI is InChI=1S/C28H35N3O2S/c1-3-19-33-24-15-13-22(14-16-24)25(31-17-9-4-5-10-18-31)20-29-28(32)26-27(34-21(2)30-26)23-11-7-6-8-12-23/h6-8,11-16,25H,3-5,9-10,17-20H2,1-2H3,(H,29,32). The van der Waals surface area contributed by atoms with Crippen LogP contribution in [0.25, 0.3) is 10.4 Å². The van der Waals surface area contributed by atoms with Crippen molar-refractivity contribution in [2.24, 2.45) is 0 Å². The van der Waals surface area contributed by atoms with Crippen LogP contribution in [-0.2, 0) is 0 Å². The van der Waals surface area contributed by atoms with E-state index in [0.29, 0.717) is 12.2 Å². The van der Waals surface area contributed by atoms with E-state index >= 15 is 0 Å². The second-order valence-electron chi connectivity index (χ2n) is 8.87. The van der Waals surface area contributed by atoms with Crippen LogP contribution in [0.1, 0.15) is 66.1 Å². The number of aromatic nitrogens is 1. The number of likely N-dealkylation sites (tertiary alicyclic amines) is 1. The first-order chi connectivity index (χ1) is 16.7. The van der Waals surface area contributed by atoms with Gasteiger partial charge in [-0.15, -0.1) is 11.3 Å². The number of nitrogens with zero attached hydrogens (tertiary/aromatic N) is 2. The molecule has 4 rings (SSSR count). The number of thiazole rings is 1. The van der Waals surface area contributed by atoms with Gasteiger partial charge in [0.25, 0.3) is 5.91 Å². The molecule has 5 nitrogen and oxygen atoms in total. The molecule has 1 aliphatic rings. The van der Waals surface area contributed by atoms with Gasteiger partial charge in [-0.3, -0.25) is 9.69 Å². The number of hydrogen-bond acceptors (Lipinski definition) is 5. The van der Waals surface area contributed by atoms with E-state index in [0.717, 1.165) is 47.3 Å². The van der Waals surface area contributed by atoms with Crippen molar-refractivity contribution in [1.29, 1.82) is 0 Å². The summed E-state index contributed by atoms with van der Waals surface area (Å²) in [6.45, 7) is 7.45. The molecule has 1 atom stereocenters. The van der Waals surface area contributed by atoms with Crippen LogP contribution in [0.15, 0.2) is 54.6 Å². The number of hydrogen-bond donors (Lipinski definition) is 1. The van der Waals surface area contributed by atoms with Gasteiger partial charge in [0.2, 0.25) is 0 Å². The fourth-order valence-corrected chi connectivity index (χ4v) is 5.43. The van der Waals surface area contributed by atoms with Gasteiger partial charge < -0.3 is 10.1 Å². The van der Waals surface area contributed by atoms with Crippen LogP contribution in [0.3, 0.4) is 0 Å². The Morgan fingerprint density at radius 1 is 1.06 bits per heavy atom. The van der Waals surface area contributed by atoms with Crippen LogP contribution in [0, 0.1) is 6.92 Å². The molecule has 1 N–H and O–H groups in total. The fourth-order valence-electron chi connectivity index (χ4n) is 4.51. The Hall–Kier alpha value is -2.70. The molecule has 1 aliphatic heterocycles. The molecule has 6 heteroatoms. The van der Waals surface area contributed by atoms with E-state index in [-0.39, 0.29) is 11.9 Å². The first-order valence-corrected chi connectivity index (χ1v) is 13.2. The lowest BCUT2D eigenvalue weighted by atomic mass is 10.0. The van der Waals surface area contributed by atoms with E-state index in [9.17, 15) is 4.79 Å². The van der Waals surface area contributed by atoms with Gasteiger partial charge in [0.15, 0.2) is 0 Å². The van der Waals surface area contributed by atoms with Gasteiger partial charge in [-0.2, -0.15) is 0 Å². The minimum Gasteiger partial charge on any atom is -0.494 e. The number of amides is 1. The number of ether oxygens (including phenoxy) is 1. The Morgan fingerprint density at radius 3 is 2.44 bits per heavy atom. The second kappa shape index (κ2) is 12.1. The normalized spacial score (nSPS) is 15.5. The van der Waals surface area contributed by atoms with Crippen LogP contribution in [0.4, 0.5) is 0 Å². The van der Waals surface area contributed by atoms with Crippen molar-refractivity contribution in [2.75, 3.05) is 26.2 Å². The molecule has 0 saturated carbocycles. The molecule has 1 aromatic heterocycles. The summed E-state index contributed by atoms with van der Waals surface area (Å²) >= 11 is 1.57. The molecule has 34 heavy (non-hydrogen) atoms. The average molecular weight is 478 g/mol. The van der Waals surface area contributed by atoms with Crippen LogP contribution in [0.2, 0.25) is 0 Å². The maximum atomic E-state index is 13.3. The molecule has 0 bridgehead atoms. The third-order valence-corrected chi connectivity index (χ3v) is 7.28. The van der Waals surface area contributed by atoms with Crippen molar-refractivity contribution in [3.63, 3.8) is 0 Å². The molecule has 1 unspecified atom stereocenters. The zero-order chi connectivity index (χ0) is 23.8. The van der Waals surface area contributed by atoms with E-state index in [2.05, 4.69) is 46.4 Å². The smallest absolute Gasteiger partial charge is 0.271 e. The average Bonchev–Trinajstić information content (AvgIpc) is 3.07. The second-order valence-corrected chi connectivity index (χ2v) is 10.1. The van der Waals surface area contributed by atoms with Gasteiger partial charge in [0.1, 0.15) is 11.4 Å². The van der Waals surface area contributed by atoms with Gasteiger partial charge in [-0.1, -0.05) is 62.2 Å². The van der Waals surface area contributed by atoms with Gasteiger partial charge in [0.05, 0.1) is 22.5 Å². The summed E-state index contributed by atoms with van der Waals surface area (Å²) in [6.07, 6.45) is 5.94. The van der Waals surface area contributed by atoms with Gasteiger partial charge in [0, 0.05) is 6.54 Å². The summed E-state index contributed by atoms with van der Waals surface area (Å²) < 4.78 is 5.78. The molecule has 1 saturated heterocycles. The quantitative estimate of drug-likeness (QED) is 0.395. The van der Waals surface area contributed by atoms with Crippen molar-refractivity contribution in [3.8, 4) is 16.2 Å². The molecule has 0 spiro atoms. The van der Waals surface area contributed by atoms with Crippen LogP contribution >= 0.6 is 11.3 Å². The Kier molecular flexibility index (Phi) is 8.72. The van der Waals surface area contributed by atoms with Gasteiger partial charge in [-0.25, -0.2) is 4.98 Å². The lowest BCUT2D eigenvalue weighted by Crippen LogP contribution is -2.39. The van der Waals surface area contributed by atoms with E-state index in [4.69, 9.17) is 4.74 Å². The van der Waals surface area contributed by atoms with E-state index < -0.39 is 0 Å². The van der Waals surface area contributed by atoms with Crippen molar-refractivity contribution >= 4 is 17.2 Å². The summed E-state index contributed by atoms with van der Waals surface area (Å²) in [7, 11) is 0. The molecular weight excluding hydrogens is 442 g/mol. The highest BCUT2D eigenvalue weighted by atomic mass is 32.1. The molecular formula is C28H35N3O2S. The molecule has 1 fully saturated rings. The SMILES string of the molecule is CCCOc1ccc(C(CNC(=O)c2nc(C)sc2-c2ccccc2)N2CCCCCC2)cc1. The number of nitrogens with one attached hydrogen (secondary N) is 1. The number of rotatable bonds is 9. The maximum absolute atomic E-state index is 13.3. The minimum atomic E-state index is -0.106. The monoisotopic (exact) mass is 477 g/mol. The third kappa shape index (κ3) is 6.24. The summed E-state index contributed by atoms with van der Waals surface area (Å²) in [5.74, 6) is 0.792. The van der Waals surface area contributed by atoms with E-state index in [1.54, 1.807) is 11.3 Å². The fraction of sp³-hybridized carbons (Fsp3) is 0.429. The highest BCUT2D eigenvalue weighted by molar-refractivity contribution is 7.15. The summed E-state index contributed by atoms with van der Waals surface area (Å²) in [6, 6.07) is 18.6. The number of benzene rings is 2. The van der Waals surface area contributed by atoms with Crippen LogP contribution in [-0.4, -0.2) is 42.0 Å². The third-order valence-electron chi connectivity index (χ3n) is 6.26. The molecule has 0 radical (unpaired) electrons. The van der Waals surface area contributed by atoms with Gasteiger partial charge in [-0.05, 0) is 62.5 Å². The molecule has 3 aromatic rings. The van der Waals surface area contributed by atoms with E-state index in [1.807, 2.05) is 37.3 Å². The number of carbonyl (C=O) groups excluding carboxylic acids is 1. The Morgan fingerprint density at radius 2 is 1.76 bits per heavy atom. The van der Waals surface area contributed by atoms with Gasteiger partial charge >= 0.3 is 0 Å². The zero-order valence-electron chi connectivity index (χ0n) is 20.3. The minimum absolute atomic E-state index is 0.106. The molecule has 0 aliphatic carbocycles. The summed E-state index contributed by atoms with van der Waals surface area (Å²) in [5, 5.41) is 4.12. The lowest BCUT2D eigenvalue weighted by Gasteiger charge is -2.31. The Bertz CT molecular complexity index is 1040. The predicted octanol–water partition coefficient (Wildman–Crippen LogP) is 6.25. The Labute approximate surface area is 207 Å². The van der Waals surface area contributed by atoms with Crippen molar-refractivity contribution in [3.05, 3.63) is 70.9 Å².